The van der Waals surface area contributed by atoms with Gasteiger partial charge in [-0.05, 0) is 22.0 Å². The zero-order valence-corrected chi connectivity index (χ0v) is 8.96. The van der Waals surface area contributed by atoms with Crippen LogP contribution < -0.4 is 0 Å². The SMILES string of the molecule is O=[N+]([O-])c1cc(Br)cnc1-n1cccn1. The van der Waals surface area contributed by atoms with Crippen molar-refractivity contribution in [3.05, 3.63) is 45.3 Å². The Balaban J connectivity index is 2.61. The molecule has 0 saturated carbocycles. The summed E-state index contributed by atoms with van der Waals surface area (Å²) in [5, 5.41) is 14.7. The maximum absolute atomic E-state index is 10.8. The Morgan fingerprint density at radius 1 is 1.53 bits per heavy atom. The van der Waals surface area contributed by atoms with Gasteiger partial charge in [-0.15, -0.1) is 0 Å². The fraction of sp³-hybridized carbons (Fsp3) is 0. The highest BCUT2D eigenvalue weighted by atomic mass is 79.9. The topological polar surface area (TPSA) is 73.8 Å². The van der Waals surface area contributed by atoms with Gasteiger partial charge >= 0.3 is 5.69 Å². The molecule has 15 heavy (non-hydrogen) atoms. The van der Waals surface area contributed by atoms with E-state index in [1.165, 1.54) is 23.1 Å². The number of halogens is 1. The van der Waals surface area contributed by atoms with Gasteiger partial charge in [0.2, 0.25) is 5.82 Å². The molecule has 0 unspecified atom stereocenters. The second-order valence-corrected chi connectivity index (χ2v) is 3.62. The molecule has 0 amide bonds. The van der Waals surface area contributed by atoms with Gasteiger partial charge in [0.1, 0.15) is 0 Å². The molecule has 0 fully saturated rings. The summed E-state index contributed by atoms with van der Waals surface area (Å²) in [4.78, 5) is 14.2. The first kappa shape index (κ1) is 9.78. The maximum Gasteiger partial charge on any atom is 0.314 e. The fourth-order valence-electron chi connectivity index (χ4n) is 1.13. The molecule has 0 saturated heterocycles. The molecule has 0 aliphatic carbocycles. The summed E-state index contributed by atoms with van der Waals surface area (Å²) in [5.74, 6) is 0.202. The number of rotatable bonds is 2. The standard InChI is InChI=1S/C8H5BrN4O2/c9-6-4-7(13(14)15)8(10-5-6)12-3-1-2-11-12/h1-5H. The molecule has 7 heteroatoms. The van der Waals surface area contributed by atoms with E-state index in [1.54, 1.807) is 12.3 Å². The number of pyridine rings is 1. The molecule has 2 aromatic heterocycles. The second-order valence-electron chi connectivity index (χ2n) is 2.70. The molecule has 2 rings (SSSR count). The van der Waals surface area contributed by atoms with Crippen LogP contribution in [-0.2, 0) is 0 Å². The first-order chi connectivity index (χ1) is 7.18. The van der Waals surface area contributed by atoms with Crippen molar-refractivity contribution in [2.45, 2.75) is 0 Å². The second kappa shape index (κ2) is 3.77. The minimum Gasteiger partial charge on any atom is -0.258 e. The summed E-state index contributed by atoms with van der Waals surface area (Å²) in [7, 11) is 0. The zero-order valence-electron chi connectivity index (χ0n) is 7.37. The van der Waals surface area contributed by atoms with E-state index in [2.05, 4.69) is 26.0 Å². The maximum atomic E-state index is 10.8. The van der Waals surface area contributed by atoms with Gasteiger partial charge in [-0.25, -0.2) is 9.67 Å². The van der Waals surface area contributed by atoms with Crippen LogP contribution in [0.15, 0.2) is 35.2 Å². The van der Waals surface area contributed by atoms with Crippen molar-refractivity contribution in [3.8, 4) is 5.82 Å². The summed E-state index contributed by atoms with van der Waals surface area (Å²) < 4.78 is 1.91. The summed E-state index contributed by atoms with van der Waals surface area (Å²) in [6, 6.07) is 3.07. The Morgan fingerprint density at radius 3 is 2.93 bits per heavy atom. The monoisotopic (exact) mass is 268 g/mol. The van der Waals surface area contributed by atoms with Crippen LogP contribution in [0, 0.1) is 10.1 Å². The van der Waals surface area contributed by atoms with Gasteiger partial charge in [-0.1, -0.05) is 0 Å². The number of nitrogens with zero attached hydrogens (tertiary/aromatic N) is 4. The Labute approximate surface area is 92.8 Å². The van der Waals surface area contributed by atoms with Crippen molar-refractivity contribution in [1.82, 2.24) is 14.8 Å². The molecule has 0 aliphatic heterocycles. The summed E-state index contributed by atoms with van der Waals surface area (Å²) in [5.41, 5.74) is -0.0897. The highest BCUT2D eigenvalue weighted by Crippen LogP contribution is 2.23. The van der Waals surface area contributed by atoms with Gasteiger partial charge in [-0.3, -0.25) is 10.1 Å². The minimum absolute atomic E-state index is 0.0897. The van der Waals surface area contributed by atoms with Crippen molar-refractivity contribution in [3.63, 3.8) is 0 Å². The average Bonchev–Trinajstić information content (AvgIpc) is 2.70. The predicted molar refractivity (Wildman–Crippen MR) is 55.7 cm³/mol. The average molecular weight is 269 g/mol. The third-order valence-corrected chi connectivity index (χ3v) is 2.17. The van der Waals surface area contributed by atoms with Gasteiger partial charge in [0.25, 0.3) is 0 Å². The molecule has 0 bridgehead atoms. The Morgan fingerprint density at radius 2 is 2.33 bits per heavy atom. The van der Waals surface area contributed by atoms with Crippen LogP contribution in [0.25, 0.3) is 5.82 Å². The number of aromatic nitrogens is 3. The normalized spacial score (nSPS) is 10.2. The molecule has 0 aromatic carbocycles. The zero-order chi connectivity index (χ0) is 10.8. The lowest BCUT2D eigenvalue weighted by atomic mass is 10.4. The lowest BCUT2D eigenvalue weighted by Gasteiger charge is -2.01. The van der Waals surface area contributed by atoms with Gasteiger partial charge < -0.3 is 0 Å². The highest BCUT2D eigenvalue weighted by molar-refractivity contribution is 9.10. The van der Waals surface area contributed by atoms with Crippen LogP contribution in [0.4, 0.5) is 5.69 Å². The van der Waals surface area contributed by atoms with Crippen molar-refractivity contribution < 1.29 is 4.92 Å². The third-order valence-electron chi connectivity index (χ3n) is 1.73. The number of hydrogen-bond acceptors (Lipinski definition) is 4. The largest absolute Gasteiger partial charge is 0.314 e. The predicted octanol–water partition coefficient (Wildman–Crippen LogP) is 1.94. The quantitative estimate of drug-likeness (QED) is 0.616. The molecule has 0 radical (unpaired) electrons. The van der Waals surface area contributed by atoms with Crippen LogP contribution in [0.2, 0.25) is 0 Å². The van der Waals surface area contributed by atoms with Crippen LogP contribution in [0.1, 0.15) is 0 Å². The van der Waals surface area contributed by atoms with E-state index < -0.39 is 4.92 Å². The van der Waals surface area contributed by atoms with Gasteiger partial charge in [0, 0.05) is 29.1 Å². The van der Waals surface area contributed by atoms with Crippen LogP contribution in [0.5, 0.6) is 0 Å². The smallest absolute Gasteiger partial charge is 0.258 e. The van der Waals surface area contributed by atoms with Crippen molar-refractivity contribution >= 4 is 21.6 Å². The van der Waals surface area contributed by atoms with Gasteiger partial charge in [0.15, 0.2) is 0 Å². The van der Waals surface area contributed by atoms with Crippen LogP contribution in [-0.4, -0.2) is 19.7 Å². The molecule has 2 heterocycles. The van der Waals surface area contributed by atoms with E-state index in [0.717, 1.165) is 0 Å². The van der Waals surface area contributed by atoms with Gasteiger partial charge in [0.05, 0.1) is 4.92 Å². The molecule has 76 valence electrons. The first-order valence-corrected chi connectivity index (χ1v) is 4.78. The van der Waals surface area contributed by atoms with E-state index in [4.69, 9.17) is 0 Å². The Bertz CT molecular complexity index is 497. The summed E-state index contributed by atoms with van der Waals surface area (Å²) in [6.07, 6.45) is 4.63. The van der Waals surface area contributed by atoms with Gasteiger partial charge in [-0.2, -0.15) is 5.10 Å². The number of nitro groups is 1. The van der Waals surface area contributed by atoms with Crippen molar-refractivity contribution in [2.24, 2.45) is 0 Å². The first-order valence-electron chi connectivity index (χ1n) is 3.98. The molecule has 0 N–H and O–H groups in total. The molecule has 0 atom stereocenters. The molecular formula is C8H5BrN4O2. The number of hydrogen-bond donors (Lipinski definition) is 0. The highest BCUT2D eigenvalue weighted by Gasteiger charge is 2.17. The Kier molecular flexibility index (Phi) is 2.46. The van der Waals surface area contributed by atoms with E-state index in [0.29, 0.717) is 4.47 Å². The van der Waals surface area contributed by atoms with E-state index in [9.17, 15) is 10.1 Å². The molecular weight excluding hydrogens is 264 g/mol. The van der Waals surface area contributed by atoms with E-state index in [-0.39, 0.29) is 11.5 Å². The molecule has 0 spiro atoms. The summed E-state index contributed by atoms with van der Waals surface area (Å²) in [6.45, 7) is 0. The molecule has 0 aliphatic rings. The van der Waals surface area contributed by atoms with Crippen molar-refractivity contribution in [2.75, 3.05) is 0 Å². The molecule has 6 nitrogen and oxygen atoms in total. The summed E-state index contributed by atoms with van der Waals surface area (Å²) >= 11 is 3.13. The fourth-order valence-corrected chi connectivity index (χ4v) is 1.45. The van der Waals surface area contributed by atoms with E-state index >= 15 is 0 Å². The van der Waals surface area contributed by atoms with Crippen LogP contribution in [0.3, 0.4) is 0 Å². The third kappa shape index (κ3) is 1.86. The Hall–Kier alpha value is -1.76. The van der Waals surface area contributed by atoms with Crippen LogP contribution >= 0.6 is 15.9 Å². The lowest BCUT2D eigenvalue weighted by molar-refractivity contribution is -0.385. The molecule has 2 aromatic rings. The lowest BCUT2D eigenvalue weighted by Crippen LogP contribution is -2.03. The van der Waals surface area contributed by atoms with Crippen molar-refractivity contribution in [1.29, 1.82) is 0 Å². The minimum atomic E-state index is -0.491. The van der Waals surface area contributed by atoms with E-state index in [1.807, 2.05) is 0 Å².